The maximum absolute atomic E-state index is 13.1. The second kappa shape index (κ2) is 4.04. The van der Waals surface area contributed by atoms with Crippen molar-refractivity contribution in [1.82, 2.24) is 0 Å². The molecule has 1 rings (SSSR count). The summed E-state index contributed by atoms with van der Waals surface area (Å²) in [5, 5.41) is 2.39. The lowest BCUT2D eigenvalue weighted by molar-refractivity contribution is -0.116. The zero-order chi connectivity index (χ0) is 10.7. The summed E-state index contributed by atoms with van der Waals surface area (Å²) < 4.78 is 26.1. The Bertz CT molecular complexity index is 366. The molecule has 0 spiro atoms. The van der Waals surface area contributed by atoms with Gasteiger partial charge in [0, 0.05) is 6.07 Å². The molecule has 0 unspecified atom stereocenters. The SMILES string of the molecule is Cc1cc(F)c(NCC(N)=O)cc1F. The van der Waals surface area contributed by atoms with Crippen LogP contribution in [0.3, 0.4) is 0 Å². The highest BCUT2D eigenvalue weighted by atomic mass is 19.1. The number of rotatable bonds is 3. The second-order valence-corrected chi connectivity index (χ2v) is 2.90. The Hall–Kier alpha value is -1.65. The van der Waals surface area contributed by atoms with E-state index in [9.17, 15) is 13.6 Å². The molecule has 0 radical (unpaired) electrons. The van der Waals surface area contributed by atoms with Crippen LogP contribution in [0.5, 0.6) is 0 Å². The van der Waals surface area contributed by atoms with Crippen molar-refractivity contribution >= 4 is 11.6 Å². The minimum absolute atomic E-state index is 0.0631. The van der Waals surface area contributed by atoms with E-state index in [0.29, 0.717) is 0 Å². The van der Waals surface area contributed by atoms with Crippen molar-refractivity contribution in [3.8, 4) is 0 Å². The first kappa shape index (κ1) is 10.4. The topological polar surface area (TPSA) is 55.1 Å². The smallest absolute Gasteiger partial charge is 0.236 e. The van der Waals surface area contributed by atoms with Crippen molar-refractivity contribution in [2.24, 2.45) is 5.73 Å². The molecular weight excluding hydrogens is 190 g/mol. The quantitative estimate of drug-likeness (QED) is 0.769. The predicted molar refractivity (Wildman–Crippen MR) is 48.8 cm³/mol. The van der Waals surface area contributed by atoms with Crippen molar-refractivity contribution in [1.29, 1.82) is 0 Å². The van der Waals surface area contributed by atoms with Crippen molar-refractivity contribution in [2.75, 3.05) is 11.9 Å². The molecule has 0 fully saturated rings. The van der Waals surface area contributed by atoms with E-state index >= 15 is 0 Å². The molecule has 14 heavy (non-hydrogen) atoms. The Morgan fingerprint density at radius 1 is 1.43 bits per heavy atom. The van der Waals surface area contributed by atoms with Crippen LogP contribution in [0, 0.1) is 18.6 Å². The first-order valence-electron chi connectivity index (χ1n) is 3.98. The number of nitrogens with two attached hydrogens (primary N) is 1. The molecule has 0 heterocycles. The molecule has 1 aromatic rings. The number of anilines is 1. The van der Waals surface area contributed by atoms with E-state index in [1.54, 1.807) is 0 Å². The zero-order valence-electron chi connectivity index (χ0n) is 7.60. The summed E-state index contributed by atoms with van der Waals surface area (Å²) in [6.07, 6.45) is 0. The standard InChI is InChI=1S/C9H10F2N2O/c1-5-2-7(11)8(3-6(5)10)13-4-9(12)14/h2-3,13H,4H2,1H3,(H2,12,14). The molecule has 5 heteroatoms. The van der Waals surface area contributed by atoms with Gasteiger partial charge in [-0.2, -0.15) is 0 Å². The van der Waals surface area contributed by atoms with Gasteiger partial charge in [0.05, 0.1) is 12.2 Å². The predicted octanol–water partition coefficient (Wildman–Crippen LogP) is 1.17. The maximum atomic E-state index is 13.1. The number of carbonyl (C=O) groups is 1. The molecule has 1 aromatic carbocycles. The van der Waals surface area contributed by atoms with Gasteiger partial charge in [0.2, 0.25) is 5.91 Å². The fourth-order valence-corrected chi connectivity index (χ4v) is 0.964. The molecule has 0 aromatic heterocycles. The highest BCUT2D eigenvalue weighted by Gasteiger charge is 2.07. The van der Waals surface area contributed by atoms with Gasteiger partial charge in [0.15, 0.2) is 0 Å². The third-order valence-corrected chi connectivity index (χ3v) is 1.70. The molecule has 0 saturated heterocycles. The van der Waals surface area contributed by atoms with Crippen LogP contribution in [0.4, 0.5) is 14.5 Å². The Kier molecular flexibility index (Phi) is 3.01. The normalized spacial score (nSPS) is 9.93. The van der Waals surface area contributed by atoms with Crippen LogP contribution in [-0.4, -0.2) is 12.5 Å². The molecule has 0 saturated carbocycles. The van der Waals surface area contributed by atoms with E-state index in [2.05, 4.69) is 5.32 Å². The van der Waals surface area contributed by atoms with Crippen molar-refractivity contribution in [3.05, 3.63) is 29.3 Å². The van der Waals surface area contributed by atoms with Gasteiger partial charge in [-0.15, -0.1) is 0 Å². The summed E-state index contributed by atoms with van der Waals surface area (Å²) in [7, 11) is 0. The lowest BCUT2D eigenvalue weighted by atomic mass is 10.2. The minimum atomic E-state index is -0.634. The first-order chi connectivity index (χ1) is 6.50. The number of amides is 1. The monoisotopic (exact) mass is 200 g/mol. The highest BCUT2D eigenvalue weighted by Crippen LogP contribution is 2.18. The zero-order valence-corrected chi connectivity index (χ0v) is 7.60. The number of benzene rings is 1. The van der Waals surface area contributed by atoms with Gasteiger partial charge in [0.1, 0.15) is 11.6 Å². The molecular formula is C9H10F2N2O. The van der Waals surface area contributed by atoms with Gasteiger partial charge >= 0.3 is 0 Å². The summed E-state index contributed by atoms with van der Waals surface area (Å²) in [4.78, 5) is 10.4. The van der Waals surface area contributed by atoms with Gasteiger partial charge in [-0.05, 0) is 18.6 Å². The van der Waals surface area contributed by atoms with Gasteiger partial charge in [-0.3, -0.25) is 4.79 Å². The first-order valence-corrected chi connectivity index (χ1v) is 3.98. The van der Waals surface area contributed by atoms with Gasteiger partial charge in [-0.25, -0.2) is 8.78 Å². The molecule has 1 amide bonds. The summed E-state index contributed by atoms with van der Waals surface area (Å²) >= 11 is 0. The summed E-state index contributed by atoms with van der Waals surface area (Å²) in [6.45, 7) is 1.23. The Labute approximate surface area is 79.9 Å². The van der Waals surface area contributed by atoms with Crippen LogP contribution in [-0.2, 0) is 4.79 Å². The molecule has 0 bridgehead atoms. The van der Waals surface area contributed by atoms with E-state index in [0.717, 1.165) is 12.1 Å². The molecule has 0 aliphatic carbocycles. The number of primary amides is 1. The van der Waals surface area contributed by atoms with Crippen LogP contribution < -0.4 is 11.1 Å². The Morgan fingerprint density at radius 3 is 2.64 bits per heavy atom. The lowest BCUT2D eigenvalue weighted by Gasteiger charge is -2.06. The number of nitrogens with one attached hydrogen (secondary N) is 1. The number of halogens is 2. The van der Waals surface area contributed by atoms with Crippen LogP contribution in [0.1, 0.15) is 5.56 Å². The third-order valence-electron chi connectivity index (χ3n) is 1.70. The maximum Gasteiger partial charge on any atom is 0.236 e. The lowest BCUT2D eigenvalue weighted by Crippen LogP contribution is -2.22. The van der Waals surface area contributed by atoms with Crippen molar-refractivity contribution in [2.45, 2.75) is 6.92 Å². The molecule has 3 N–H and O–H groups in total. The molecule has 76 valence electrons. The number of carbonyl (C=O) groups excluding carboxylic acids is 1. The number of aryl methyl sites for hydroxylation is 1. The van der Waals surface area contributed by atoms with Gasteiger partial charge < -0.3 is 11.1 Å². The van der Waals surface area contributed by atoms with Crippen LogP contribution in [0.25, 0.3) is 0 Å². The molecule has 0 aliphatic rings. The van der Waals surface area contributed by atoms with E-state index in [1.807, 2.05) is 0 Å². The fourth-order valence-electron chi connectivity index (χ4n) is 0.964. The van der Waals surface area contributed by atoms with E-state index in [1.165, 1.54) is 6.92 Å². The largest absolute Gasteiger partial charge is 0.374 e. The summed E-state index contributed by atoms with van der Waals surface area (Å²) in [5.41, 5.74) is 4.99. The number of hydrogen-bond acceptors (Lipinski definition) is 2. The Morgan fingerprint density at radius 2 is 2.07 bits per heavy atom. The Balaban J connectivity index is 2.87. The minimum Gasteiger partial charge on any atom is -0.374 e. The summed E-state index contributed by atoms with van der Waals surface area (Å²) in [6, 6.07) is 2.05. The van der Waals surface area contributed by atoms with Crippen LogP contribution in [0.2, 0.25) is 0 Å². The molecule has 0 aliphatic heterocycles. The molecule has 0 atom stereocenters. The van der Waals surface area contributed by atoms with Crippen molar-refractivity contribution in [3.63, 3.8) is 0 Å². The van der Waals surface area contributed by atoms with E-state index in [4.69, 9.17) is 5.73 Å². The van der Waals surface area contributed by atoms with Crippen molar-refractivity contribution < 1.29 is 13.6 Å². The van der Waals surface area contributed by atoms with Crippen LogP contribution >= 0.6 is 0 Å². The molecule has 3 nitrogen and oxygen atoms in total. The summed E-state index contributed by atoms with van der Waals surface area (Å²) in [5.74, 6) is -1.77. The van der Waals surface area contributed by atoms with E-state index in [-0.39, 0.29) is 17.8 Å². The average Bonchev–Trinajstić information content (AvgIpc) is 2.09. The second-order valence-electron chi connectivity index (χ2n) is 2.90. The van der Waals surface area contributed by atoms with E-state index < -0.39 is 17.5 Å². The van der Waals surface area contributed by atoms with Gasteiger partial charge in [0.25, 0.3) is 0 Å². The highest BCUT2D eigenvalue weighted by molar-refractivity contribution is 5.78. The fraction of sp³-hybridized carbons (Fsp3) is 0.222. The average molecular weight is 200 g/mol. The number of hydrogen-bond donors (Lipinski definition) is 2. The van der Waals surface area contributed by atoms with Crippen LogP contribution in [0.15, 0.2) is 12.1 Å². The third kappa shape index (κ3) is 2.42. The van der Waals surface area contributed by atoms with Gasteiger partial charge in [-0.1, -0.05) is 0 Å².